The van der Waals surface area contributed by atoms with Gasteiger partial charge in [0.1, 0.15) is 0 Å². The summed E-state index contributed by atoms with van der Waals surface area (Å²) in [6, 6.07) is 8.48. The zero-order chi connectivity index (χ0) is 16.9. The van der Waals surface area contributed by atoms with Crippen LogP contribution in [-0.2, 0) is 6.54 Å². The van der Waals surface area contributed by atoms with E-state index >= 15 is 0 Å². The molecule has 1 fully saturated rings. The van der Waals surface area contributed by atoms with Gasteiger partial charge in [-0.25, -0.2) is 0 Å². The molecule has 1 atom stereocenters. The second kappa shape index (κ2) is 7.99. The molecule has 1 saturated heterocycles. The Morgan fingerprint density at radius 2 is 2.00 bits per heavy atom. The van der Waals surface area contributed by atoms with Gasteiger partial charge in [0.15, 0.2) is 11.5 Å². The van der Waals surface area contributed by atoms with Crippen LogP contribution in [-0.4, -0.2) is 28.6 Å². The molecule has 1 aliphatic heterocycles. The number of aromatic nitrogens is 1. The molecule has 0 aliphatic carbocycles. The van der Waals surface area contributed by atoms with Crippen molar-refractivity contribution in [1.29, 1.82) is 0 Å². The van der Waals surface area contributed by atoms with Gasteiger partial charge in [-0.05, 0) is 64.6 Å². The van der Waals surface area contributed by atoms with Crippen molar-refractivity contribution < 1.29 is 9.84 Å². The molecule has 24 heavy (non-hydrogen) atoms. The largest absolute Gasteiger partial charge is 0.503 e. The van der Waals surface area contributed by atoms with Crippen molar-refractivity contribution in [3.05, 3.63) is 52.3 Å². The number of nitrogens with zero attached hydrogens (tertiary/aromatic N) is 2. The standard InChI is InChI=1S/C19H23BrN2O2/c1-24-17-7-6-15(18(20)19(17)23)13-22-12-4-2-3-5-16(22)14-8-10-21-11-9-14/h6-11,16,23H,2-5,12-13H2,1H3/t16-/m1/s1. The molecule has 0 saturated carbocycles. The van der Waals surface area contributed by atoms with E-state index in [2.05, 4.69) is 37.9 Å². The summed E-state index contributed by atoms with van der Waals surface area (Å²) in [6.07, 6.45) is 8.62. The van der Waals surface area contributed by atoms with Crippen molar-refractivity contribution in [2.45, 2.75) is 38.3 Å². The Morgan fingerprint density at radius 1 is 1.21 bits per heavy atom. The van der Waals surface area contributed by atoms with Gasteiger partial charge >= 0.3 is 0 Å². The van der Waals surface area contributed by atoms with Crippen LogP contribution in [0.1, 0.15) is 42.9 Å². The highest BCUT2D eigenvalue weighted by Crippen LogP contribution is 2.39. The van der Waals surface area contributed by atoms with Crippen LogP contribution in [0, 0.1) is 0 Å². The van der Waals surface area contributed by atoms with E-state index in [0.717, 1.165) is 29.5 Å². The summed E-state index contributed by atoms with van der Waals surface area (Å²) in [4.78, 5) is 6.65. The normalized spacial score (nSPS) is 19.0. The van der Waals surface area contributed by atoms with Gasteiger partial charge in [-0.3, -0.25) is 9.88 Å². The van der Waals surface area contributed by atoms with E-state index in [1.54, 1.807) is 7.11 Å². The maximum atomic E-state index is 10.2. The summed E-state index contributed by atoms with van der Waals surface area (Å²) in [5, 5.41) is 10.2. The molecule has 5 heteroatoms. The Labute approximate surface area is 151 Å². The third-order valence-corrected chi connectivity index (χ3v) is 5.59. The lowest BCUT2D eigenvalue weighted by Gasteiger charge is -2.30. The fourth-order valence-corrected chi connectivity index (χ4v) is 3.87. The molecule has 1 aromatic heterocycles. The Bertz CT molecular complexity index is 679. The highest BCUT2D eigenvalue weighted by molar-refractivity contribution is 9.10. The summed E-state index contributed by atoms with van der Waals surface area (Å²) >= 11 is 3.53. The van der Waals surface area contributed by atoms with Gasteiger partial charge in [0.2, 0.25) is 0 Å². The fourth-order valence-electron chi connectivity index (χ4n) is 3.41. The van der Waals surface area contributed by atoms with Crippen LogP contribution >= 0.6 is 15.9 Å². The molecule has 1 aliphatic rings. The molecule has 1 N–H and O–H groups in total. The second-order valence-corrected chi connectivity index (χ2v) is 7.00. The molecular weight excluding hydrogens is 368 g/mol. The van der Waals surface area contributed by atoms with Crippen LogP contribution < -0.4 is 4.74 Å². The number of ether oxygens (including phenoxy) is 1. The molecule has 4 nitrogen and oxygen atoms in total. The monoisotopic (exact) mass is 390 g/mol. The van der Waals surface area contributed by atoms with E-state index in [9.17, 15) is 5.11 Å². The number of benzene rings is 1. The maximum absolute atomic E-state index is 10.2. The average Bonchev–Trinajstić information content (AvgIpc) is 2.85. The van der Waals surface area contributed by atoms with Crippen LogP contribution in [0.4, 0.5) is 0 Å². The zero-order valence-corrected chi connectivity index (χ0v) is 15.5. The number of hydrogen-bond donors (Lipinski definition) is 1. The van der Waals surface area contributed by atoms with E-state index in [-0.39, 0.29) is 5.75 Å². The van der Waals surface area contributed by atoms with Crippen molar-refractivity contribution in [3.8, 4) is 11.5 Å². The molecule has 0 unspecified atom stereocenters. The first-order valence-electron chi connectivity index (χ1n) is 8.39. The van der Waals surface area contributed by atoms with Crippen molar-refractivity contribution in [1.82, 2.24) is 9.88 Å². The number of phenolic OH excluding ortho intramolecular Hbond substituents is 1. The van der Waals surface area contributed by atoms with Crippen LogP contribution in [0.25, 0.3) is 0 Å². The third kappa shape index (κ3) is 3.73. The molecule has 1 aromatic carbocycles. The Morgan fingerprint density at radius 3 is 2.75 bits per heavy atom. The molecule has 128 valence electrons. The highest BCUT2D eigenvalue weighted by Gasteiger charge is 2.24. The van der Waals surface area contributed by atoms with Gasteiger partial charge in [-0.15, -0.1) is 0 Å². The predicted molar refractivity (Wildman–Crippen MR) is 98.2 cm³/mol. The SMILES string of the molecule is COc1ccc(CN2CCCCC[C@@H]2c2ccncc2)c(Br)c1O. The lowest BCUT2D eigenvalue weighted by molar-refractivity contribution is 0.191. The number of halogens is 1. The van der Waals surface area contributed by atoms with Gasteiger partial charge in [0, 0.05) is 25.0 Å². The number of likely N-dealkylation sites (tertiary alicyclic amines) is 1. The number of pyridine rings is 1. The molecule has 0 radical (unpaired) electrons. The minimum Gasteiger partial charge on any atom is -0.503 e. The van der Waals surface area contributed by atoms with Crippen molar-refractivity contribution >= 4 is 15.9 Å². The minimum atomic E-state index is 0.172. The van der Waals surface area contributed by atoms with Crippen LogP contribution in [0.2, 0.25) is 0 Å². The zero-order valence-electron chi connectivity index (χ0n) is 13.9. The van der Waals surface area contributed by atoms with Crippen LogP contribution in [0.3, 0.4) is 0 Å². The van der Waals surface area contributed by atoms with Gasteiger partial charge in [-0.1, -0.05) is 18.9 Å². The minimum absolute atomic E-state index is 0.172. The Balaban J connectivity index is 1.87. The van der Waals surface area contributed by atoms with Gasteiger partial charge in [0.05, 0.1) is 11.6 Å². The number of aromatic hydroxyl groups is 1. The van der Waals surface area contributed by atoms with E-state index in [0.29, 0.717) is 11.8 Å². The highest BCUT2D eigenvalue weighted by atomic mass is 79.9. The fraction of sp³-hybridized carbons (Fsp3) is 0.421. The molecule has 2 heterocycles. The molecular formula is C19H23BrN2O2. The van der Waals surface area contributed by atoms with Gasteiger partial charge in [-0.2, -0.15) is 0 Å². The number of rotatable bonds is 4. The van der Waals surface area contributed by atoms with E-state index in [1.165, 1.54) is 24.8 Å². The summed E-state index contributed by atoms with van der Waals surface area (Å²) in [6.45, 7) is 1.86. The lowest BCUT2D eigenvalue weighted by atomic mass is 10.0. The first-order valence-corrected chi connectivity index (χ1v) is 9.18. The van der Waals surface area contributed by atoms with Crippen LogP contribution in [0.5, 0.6) is 11.5 Å². The number of phenols is 1. The Kier molecular flexibility index (Phi) is 5.74. The lowest BCUT2D eigenvalue weighted by Crippen LogP contribution is -2.28. The molecule has 0 bridgehead atoms. The topological polar surface area (TPSA) is 45.6 Å². The molecule has 2 aromatic rings. The molecule has 0 spiro atoms. The van der Waals surface area contributed by atoms with E-state index < -0.39 is 0 Å². The molecule has 3 rings (SSSR count). The number of hydrogen-bond acceptors (Lipinski definition) is 4. The van der Waals surface area contributed by atoms with Crippen LogP contribution in [0.15, 0.2) is 41.1 Å². The van der Waals surface area contributed by atoms with Gasteiger partial charge in [0.25, 0.3) is 0 Å². The summed E-state index contributed by atoms with van der Waals surface area (Å²) in [5.74, 6) is 0.664. The smallest absolute Gasteiger partial charge is 0.172 e. The summed E-state index contributed by atoms with van der Waals surface area (Å²) < 4.78 is 5.90. The average molecular weight is 391 g/mol. The van der Waals surface area contributed by atoms with E-state index in [1.807, 2.05) is 24.5 Å². The van der Waals surface area contributed by atoms with Crippen molar-refractivity contribution in [3.63, 3.8) is 0 Å². The first kappa shape index (κ1) is 17.2. The summed E-state index contributed by atoms with van der Waals surface area (Å²) in [7, 11) is 1.56. The Hall–Kier alpha value is -1.59. The number of methoxy groups -OCH3 is 1. The molecule has 0 amide bonds. The van der Waals surface area contributed by atoms with Crippen molar-refractivity contribution in [2.75, 3.05) is 13.7 Å². The van der Waals surface area contributed by atoms with Gasteiger partial charge < -0.3 is 9.84 Å². The van der Waals surface area contributed by atoms with E-state index in [4.69, 9.17) is 4.74 Å². The van der Waals surface area contributed by atoms with Crippen molar-refractivity contribution in [2.24, 2.45) is 0 Å². The third-order valence-electron chi connectivity index (χ3n) is 4.71. The predicted octanol–water partition coefficient (Wildman–Crippen LogP) is 4.68. The second-order valence-electron chi connectivity index (χ2n) is 6.21. The maximum Gasteiger partial charge on any atom is 0.172 e. The summed E-state index contributed by atoms with van der Waals surface area (Å²) in [5.41, 5.74) is 2.40. The quantitative estimate of drug-likeness (QED) is 0.823. The first-order chi connectivity index (χ1) is 11.7.